The summed E-state index contributed by atoms with van der Waals surface area (Å²) in [5.74, 6) is -0.728. The first-order chi connectivity index (χ1) is 14.0. The minimum atomic E-state index is -0.927. The molecule has 1 atom stereocenters. The molecule has 0 aliphatic heterocycles. The summed E-state index contributed by atoms with van der Waals surface area (Å²) in [4.78, 5) is 42.1. The molecular formula is C21H21N3O4S. The van der Waals surface area contributed by atoms with Crippen molar-refractivity contribution in [2.75, 3.05) is 11.1 Å². The molecule has 0 radical (unpaired) electrons. The number of imidazole rings is 1. The number of aryl methyl sites for hydroxylation is 2. The Bertz CT molecular complexity index is 1130. The lowest BCUT2D eigenvalue weighted by Gasteiger charge is -2.13. The van der Waals surface area contributed by atoms with E-state index in [4.69, 9.17) is 4.74 Å². The molecule has 0 bridgehead atoms. The summed E-state index contributed by atoms with van der Waals surface area (Å²) in [6, 6.07) is 11.3. The van der Waals surface area contributed by atoms with Crippen LogP contribution in [0.15, 0.2) is 46.1 Å². The number of H-pyrrole nitrogens is 2. The van der Waals surface area contributed by atoms with Gasteiger partial charge in [0, 0.05) is 10.6 Å². The van der Waals surface area contributed by atoms with Crippen LogP contribution in [0.3, 0.4) is 0 Å². The number of esters is 1. The second kappa shape index (κ2) is 8.16. The van der Waals surface area contributed by atoms with E-state index in [0.29, 0.717) is 16.7 Å². The molecule has 7 nitrogen and oxygen atoms in total. The van der Waals surface area contributed by atoms with Crippen LogP contribution in [-0.4, -0.2) is 33.7 Å². The predicted molar refractivity (Wildman–Crippen MR) is 112 cm³/mol. The molecule has 0 unspecified atom stereocenters. The minimum Gasteiger partial charge on any atom is -0.452 e. The van der Waals surface area contributed by atoms with Crippen LogP contribution in [-0.2, 0) is 27.2 Å². The van der Waals surface area contributed by atoms with Gasteiger partial charge in [-0.1, -0.05) is 6.07 Å². The number of nitrogens with one attached hydrogen (secondary N) is 3. The summed E-state index contributed by atoms with van der Waals surface area (Å²) in [5, 5.41) is 2.69. The molecule has 3 N–H and O–H groups in total. The van der Waals surface area contributed by atoms with E-state index < -0.39 is 18.0 Å². The Morgan fingerprint density at radius 3 is 2.76 bits per heavy atom. The first-order valence-corrected chi connectivity index (χ1v) is 10.4. The summed E-state index contributed by atoms with van der Waals surface area (Å²) in [5.41, 5.74) is 4.18. The smallest absolute Gasteiger partial charge is 0.323 e. The summed E-state index contributed by atoms with van der Waals surface area (Å²) in [6.45, 7) is 1.53. The van der Waals surface area contributed by atoms with E-state index >= 15 is 0 Å². The SMILES string of the molecule is C[C@H](OC(=O)CSc1ccc2c(c1)CCC2)C(=O)Nc1ccc2[nH]c(=O)[nH]c2c1. The number of aromatic amines is 2. The number of benzene rings is 2. The molecule has 8 heteroatoms. The number of carbonyl (C=O) groups excluding carboxylic acids is 2. The summed E-state index contributed by atoms with van der Waals surface area (Å²) in [7, 11) is 0. The van der Waals surface area contributed by atoms with Crippen molar-refractivity contribution in [3.05, 3.63) is 58.0 Å². The quantitative estimate of drug-likeness (QED) is 0.427. The van der Waals surface area contributed by atoms with Crippen molar-refractivity contribution < 1.29 is 14.3 Å². The van der Waals surface area contributed by atoms with Gasteiger partial charge in [0.15, 0.2) is 6.10 Å². The number of hydrogen-bond donors (Lipinski definition) is 3. The van der Waals surface area contributed by atoms with Crippen molar-refractivity contribution in [3.63, 3.8) is 0 Å². The van der Waals surface area contributed by atoms with Crippen molar-refractivity contribution >= 4 is 40.4 Å². The van der Waals surface area contributed by atoms with E-state index in [1.54, 1.807) is 18.2 Å². The van der Waals surface area contributed by atoms with Gasteiger partial charge in [-0.15, -0.1) is 11.8 Å². The number of fused-ring (bicyclic) bond motifs is 2. The molecule has 1 aromatic heterocycles. The van der Waals surface area contributed by atoms with E-state index in [0.717, 1.165) is 17.7 Å². The van der Waals surface area contributed by atoms with Gasteiger partial charge in [0.2, 0.25) is 0 Å². The molecule has 3 aromatic rings. The van der Waals surface area contributed by atoms with Crippen LogP contribution in [0.5, 0.6) is 0 Å². The largest absolute Gasteiger partial charge is 0.452 e. The Balaban J connectivity index is 1.29. The lowest BCUT2D eigenvalue weighted by Crippen LogP contribution is -2.30. The molecule has 1 aliphatic carbocycles. The highest BCUT2D eigenvalue weighted by Gasteiger charge is 2.19. The molecule has 0 spiro atoms. The number of anilines is 1. The average Bonchev–Trinajstić information content (AvgIpc) is 3.30. The summed E-state index contributed by atoms with van der Waals surface area (Å²) >= 11 is 1.41. The highest BCUT2D eigenvalue weighted by molar-refractivity contribution is 8.00. The van der Waals surface area contributed by atoms with Crippen molar-refractivity contribution in [2.45, 2.75) is 37.2 Å². The Morgan fingerprint density at radius 1 is 1.10 bits per heavy atom. The van der Waals surface area contributed by atoms with Crippen molar-refractivity contribution in [2.24, 2.45) is 0 Å². The number of hydrogen-bond acceptors (Lipinski definition) is 5. The average molecular weight is 411 g/mol. The fraction of sp³-hybridized carbons (Fsp3) is 0.286. The predicted octanol–water partition coefficient (Wildman–Crippen LogP) is 3.01. The van der Waals surface area contributed by atoms with Gasteiger partial charge in [0.1, 0.15) is 0 Å². The van der Waals surface area contributed by atoms with Crippen molar-refractivity contribution in [1.82, 2.24) is 9.97 Å². The molecule has 150 valence electrons. The molecule has 4 rings (SSSR count). The third-order valence-electron chi connectivity index (χ3n) is 4.89. The summed E-state index contributed by atoms with van der Waals surface area (Å²) < 4.78 is 5.25. The van der Waals surface area contributed by atoms with E-state index in [9.17, 15) is 14.4 Å². The zero-order valence-electron chi connectivity index (χ0n) is 15.9. The molecule has 1 aliphatic rings. The van der Waals surface area contributed by atoms with Gasteiger partial charge in [0.05, 0.1) is 16.8 Å². The minimum absolute atomic E-state index is 0.146. The third-order valence-corrected chi connectivity index (χ3v) is 5.85. The van der Waals surface area contributed by atoms with Gasteiger partial charge < -0.3 is 20.0 Å². The van der Waals surface area contributed by atoms with Gasteiger partial charge in [-0.2, -0.15) is 0 Å². The van der Waals surface area contributed by atoms with Crippen LogP contribution in [0.1, 0.15) is 24.5 Å². The third kappa shape index (κ3) is 4.54. The van der Waals surface area contributed by atoms with Crippen LogP contribution in [0.2, 0.25) is 0 Å². The van der Waals surface area contributed by atoms with E-state index in [-0.39, 0.29) is 11.4 Å². The Morgan fingerprint density at radius 2 is 1.90 bits per heavy atom. The standard InChI is InChI=1S/C21H21N3O4S/c1-12(20(26)22-15-6-8-17-18(10-15)24-21(27)23-17)28-19(25)11-29-16-7-5-13-3-2-4-14(13)9-16/h5-10,12H,2-4,11H2,1H3,(H,22,26)(H2,23,24,27)/t12-/m0/s1. The Labute approximate surface area is 171 Å². The molecule has 0 saturated heterocycles. The van der Waals surface area contributed by atoms with E-state index in [1.807, 2.05) is 6.07 Å². The maximum atomic E-state index is 12.3. The maximum absolute atomic E-state index is 12.3. The monoisotopic (exact) mass is 411 g/mol. The topological polar surface area (TPSA) is 104 Å². The number of ether oxygens (including phenoxy) is 1. The molecule has 1 amide bonds. The van der Waals surface area contributed by atoms with Crippen LogP contribution in [0.25, 0.3) is 11.0 Å². The Hall–Kier alpha value is -3.00. The molecule has 1 heterocycles. The number of aromatic nitrogens is 2. The van der Waals surface area contributed by atoms with E-state index in [2.05, 4.69) is 27.4 Å². The highest BCUT2D eigenvalue weighted by atomic mass is 32.2. The zero-order valence-corrected chi connectivity index (χ0v) is 16.7. The first-order valence-electron chi connectivity index (χ1n) is 9.45. The highest BCUT2D eigenvalue weighted by Crippen LogP contribution is 2.27. The van der Waals surface area contributed by atoms with Crippen LogP contribution < -0.4 is 11.0 Å². The molecule has 0 saturated carbocycles. The van der Waals surface area contributed by atoms with Crippen molar-refractivity contribution in [1.29, 1.82) is 0 Å². The van der Waals surface area contributed by atoms with E-state index in [1.165, 1.54) is 36.2 Å². The molecule has 0 fully saturated rings. The second-order valence-electron chi connectivity index (χ2n) is 7.03. The zero-order chi connectivity index (χ0) is 20.4. The van der Waals surface area contributed by atoms with Crippen LogP contribution >= 0.6 is 11.8 Å². The van der Waals surface area contributed by atoms with Gasteiger partial charge in [-0.05, 0) is 67.6 Å². The number of carbonyl (C=O) groups is 2. The molecule has 2 aromatic carbocycles. The maximum Gasteiger partial charge on any atom is 0.323 e. The lowest BCUT2D eigenvalue weighted by molar-refractivity contribution is -0.150. The number of amides is 1. The van der Waals surface area contributed by atoms with Gasteiger partial charge in [0.25, 0.3) is 5.91 Å². The van der Waals surface area contributed by atoms with Gasteiger partial charge in [-0.25, -0.2) is 4.79 Å². The number of thioether (sulfide) groups is 1. The van der Waals surface area contributed by atoms with Gasteiger partial charge >= 0.3 is 11.7 Å². The first kappa shape index (κ1) is 19.3. The fourth-order valence-corrected chi connectivity index (χ4v) is 4.16. The summed E-state index contributed by atoms with van der Waals surface area (Å²) in [6.07, 6.45) is 2.48. The van der Waals surface area contributed by atoms with Crippen LogP contribution in [0, 0.1) is 0 Å². The number of rotatable bonds is 6. The Kier molecular flexibility index (Phi) is 5.44. The second-order valence-corrected chi connectivity index (χ2v) is 8.08. The fourth-order valence-electron chi connectivity index (χ4n) is 3.42. The molecular weight excluding hydrogens is 390 g/mol. The van der Waals surface area contributed by atoms with Crippen LogP contribution in [0.4, 0.5) is 5.69 Å². The molecule has 29 heavy (non-hydrogen) atoms. The lowest BCUT2D eigenvalue weighted by atomic mass is 10.1. The normalized spacial score (nSPS) is 13.8. The van der Waals surface area contributed by atoms with Gasteiger partial charge in [-0.3, -0.25) is 9.59 Å². The van der Waals surface area contributed by atoms with Crippen molar-refractivity contribution in [3.8, 4) is 0 Å².